The van der Waals surface area contributed by atoms with Gasteiger partial charge >= 0.3 is 0 Å². The highest BCUT2D eigenvalue weighted by molar-refractivity contribution is 9.10. The average Bonchev–Trinajstić information content (AvgIpc) is 2.59. The quantitative estimate of drug-likeness (QED) is 0.943. The van der Waals surface area contributed by atoms with Crippen molar-refractivity contribution in [3.05, 3.63) is 40.0 Å². The second-order valence-corrected chi connectivity index (χ2v) is 4.91. The number of aryl methyl sites for hydroxylation is 2. The lowest BCUT2D eigenvalue weighted by Gasteiger charge is -2.10. The van der Waals surface area contributed by atoms with Gasteiger partial charge in [-0.1, -0.05) is 12.1 Å². The van der Waals surface area contributed by atoms with Crippen molar-refractivity contribution in [2.75, 3.05) is 7.05 Å². The highest BCUT2D eigenvalue weighted by atomic mass is 79.9. The van der Waals surface area contributed by atoms with E-state index >= 15 is 0 Å². The van der Waals surface area contributed by atoms with Crippen LogP contribution in [0, 0.1) is 6.92 Å². The van der Waals surface area contributed by atoms with E-state index < -0.39 is 0 Å². The number of para-hydroxylation sites is 1. The van der Waals surface area contributed by atoms with Crippen LogP contribution in [0.25, 0.3) is 0 Å². The second-order valence-electron chi connectivity index (χ2n) is 4.06. The molecule has 0 saturated heterocycles. The average molecular weight is 310 g/mol. The van der Waals surface area contributed by atoms with Crippen LogP contribution in [0.4, 0.5) is 0 Å². The molecule has 0 spiro atoms. The van der Waals surface area contributed by atoms with Gasteiger partial charge in [0.05, 0.1) is 15.7 Å². The normalized spacial score (nSPS) is 10.7. The van der Waals surface area contributed by atoms with Crippen LogP contribution in [-0.4, -0.2) is 16.8 Å². The molecule has 96 valence electrons. The van der Waals surface area contributed by atoms with Gasteiger partial charge in [-0.15, -0.1) is 0 Å². The van der Waals surface area contributed by atoms with Gasteiger partial charge in [-0.05, 0) is 42.0 Å². The Labute approximate surface area is 115 Å². The van der Waals surface area contributed by atoms with Crippen LogP contribution in [-0.2, 0) is 13.6 Å². The summed E-state index contributed by atoms with van der Waals surface area (Å²) in [6.07, 6.45) is 0. The summed E-state index contributed by atoms with van der Waals surface area (Å²) < 4.78 is 8.65. The number of rotatable bonds is 4. The molecular formula is C13H16BrN3O. The number of halogens is 1. The molecular weight excluding hydrogens is 294 g/mol. The molecule has 0 aliphatic heterocycles. The summed E-state index contributed by atoms with van der Waals surface area (Å²) in [4.78, 5) is 0. The minimum atomic E-state index is 0.736. The molecule has 1 aromatic heterocycles. The molecule has 0 unspecified atom stereocenters. The third kappa shape index (κ3) is 2.57. The molecule has 0 aliphatic carbocycles. The zero-order valence-corrected chi connectivity index (χ0v) is 12.3. The maximum absolute atomic E-state index is 5.96. The predicted octanol–water partition coefficient (Wildman–Crippen LogP) is 3.00. The predicted molar refractivity (Wildman–Crippen MR) is 74.9 cm³/mol. The van der Waals surface area contributed by atoms with Gasteiger partial charge in [0, 0.05) is 13.6 Å². The Morgan fingerprint density at radius 1 is 1.39 bits per heavy atom. The third-order valence-corrected chi connectivity index (χ3v) is 3.34. The summed E-state index contributed by atoms with van der Waals surface area (Å²) in [5.74, 6) is 1.56. The molecule has 1 aromatic carbocycles. The molecule has 0 atom stereocenters. The number of hydrogen-bond acceptors (Lipinski definition) is 3. The van der Waals surface area contributed by atoms with Crippen molar-refractivity contribution in [2.24, 2.45) is 7.05 Å². The maximum atomic E-state index is 5.96. The van der Waals surface area contributed by atoms with E-state index in [0.29, 0.717) is 0 Å². The van der Waals surface area contributed by atoms with Gasteiger partial charge in [0.1, 0.15) is 5.75 Å². The van der Waals surface area contributed by atoms with E-state index in [9.17, 15) is 0 Å². The van der Waals surface area contributed by atoms with Crippen LogP contribution in [0.1, 0.15) is 11.3 Å². The summed E-state index contributed by atoms with van der Waals surface area (Å²) in [7, 11) is 3.80. The van der Waals surface area contributed by atoms with Crippen molar-refractivity contribution in [3.63, 3.8) is 0 Å². The summed E-state index contributed by atoms with van der Waals surface area (Å²) in [6, 6.07) is 7.78. The SMILES string of the molecule is CNCc1c(C)nn(C)c1Oc1ccccc1Br. The topological polar surface area (TPSA) is 39.1 Å². The van der Waals surface area contributed by atoms with Crippen molar-refractivity contribution >= 4 is 15.9 Å². The standard InChI is InChI=1S/C13H16BrN3O/c1-9-10(8-15-2)13(17(3)16-9)18-12-7-5-4-6-11(12)14/h4-7,15H,8H2,1-3H3. The van der Waals surface area contributed by atoms with Crippen LogP contribution in [0.15, 0.2) is 28.7 Å². The zero-order chi connectivity index (χ0) is 13.1. The minimum Gasteiger partial charge on any atom is -0.438 e. The van der Waals surface area contributed by atoms with Crippen LogP contribution < -0.4 is 10.1 Å². The molecule has 2 aromatic rings. The summed E-state index contributed by atoms with van der Waals surface area (Å²) in [5, 5.41) is 7.53. The Bertz CT molecular complexity index is 551. The molecule has 0 saturated carbocycles. The van der Waals surface area contributed by atoms with E-state index in [1.807, 2.05) is 45.3 Å². The lowest BCUT2D eigenvalue weighted by atomic mass is 10.2. The minimum absolute atomic E-state index is 0.736. The highest BCUT2D eigenvalue weighted by Crippen LogP contribution is 2.31. The van der Waals surface area contributed by atoms with Gasteiger partial charge in [-0.2, -0.15) is 5.10 Å². The Hall–Kier alpha value is -1.33. The fraction of sp³-hybridized carbons (Fsp3) is 0.308. The Balaban J connectivity index is 2.37. The largest absolute Gasteiger partial charge is 0.438 e. The molecule has 0 radical (unpaired) electrons. The number of aromatic nitrogens is 2. The number of nitrogens with one attached hydrogen (secondary N) is 1. The van der Waals surface area contributed by atoms with Gasteiger partial charge in [-0.25, -0.2) is 4.68 Å². The van der Waals surface area contributed by atoms with Crippen molar-refractivity contribution in [1.82, 2.24) is 15.1 Å². The molecule has 0 fully saturated rings. The smallest absolute Gasteiger partial charge is 0.222 e. The summed E-state index contributed by atoms with van der Waals surface area (Å²) >= 11 is 3.48. The first-order valence-electron chi connectivity index (χ1n) is 5.73. The monoisotopic (exact) mass is 309 g/mol. The van der Waals surface area contributed by atoms with Crippen molar-refractivity contribution < 1.29 is 4.74 Å². The summed E-state index contributed by atoms with van der Waals surface area (Å²) in [5.41, 5.74) is 2.06. The Morgan fingerprint density at radius 2 is 2.11 bits per heavy atom. The number of hydrogen-bond donors (Lipinski definition) is 1. The lowest BCUT2D eigenvalue weighted by Crippen LogP contribution is -2.07. The van der Waals surface area contributed by atoms with Gasteiger partial charge in [-0.3, -0.25) is 0 Å². The molecule has 4 nitrogen and oxygen atoms in total. The van der Waals surface area contributed by atoms with Crippen LogP contribution >= 0.6 is 15.9 Å². The molecule has 1 N–H and O–H groups in total. The van der Waals surface area contributed by atoms with E-state index in [0.717, 1.165) is 33.9 Å². The first kappa shape index (κ1) is 13.1. The number of benzene rings is 1. The van der Waals surface area contributed by atoms with Gasteiger partial charge in [0.15, 0.2) is 0 Å². The van der Waals surface area contributed by atoms with Gasteiger partial charge < -0.3 is 10.1 Å². The molecule has 1 heterocycles. The van der Waals surface area contributed by atoms with E-state index in [1.165, 1.54) is 0 Å². The van der Waals surface area contributed by atoms with Crippen LogP contribution in [0.3, 0.4) is 0 Å². The van der Waals surface area contributed by atoms with Gasteiger partial charge in [0.2, 0.25) is 5.88 Å². The lowest BCUT2D eigenvalue weighted by molar-refractivity contribution is 0.422. The summed E-state index contributed by atoms with van der Waals surface area (Å²) in [6.45, 7) is 2.72. The molecule has 2 rings (SSSR count). The molecule has 5 heteroatoms. The Kier molecular flexibility index (Phi) is 4.04. The van der Waals surface area contributed by atoms with Crippen LogP contribution in [0.5, 0.6) is 11.6 Å². The highest BCUT2D eigenvalue weighted by Gasteiger charge is 2.15. The Morgan fingerprint density at radius 3 is 2.78 bits per heavy atom. The van der Waals surface area contributed by atoms with E-state index in [4.69, 9.17) is 4.74 Å². The van der Waals surface area contributed by atoms with E-state index in [1.54, 1.807) is 4.68 Å². The zero-order valence-electron chi connectivity index (χ0n) is 10.7. The third-order valence-electron chi connectivity index (χ3n) is 2.69. The van der Waals surface area contributed by atoms with Gasteiger partial charge in [0.25, 0.3) is 0 Å². The molecule has 0 aliphatic rings. The maximum Gasteiger partial charge on any atom is 0.222 e. The number of nitrogens with zero attached hydrogens (tertiary/aromatic N) is 2. The van der Waals surface area contributed by atoms with E-state index in [-0.39, 0.29) is 0 Å². The molecule has 0 amide bonds. The second kappa shape index (κ2) is 5.54. The fourth-order valence-electron chi connectivity index (χ4n) is 1.82. The molecule has 18 heavy (non-hydrogen) atoms. The first-order chi connectivity index (χ1) is 8.63. The van der Waals surface area contributed by atoms with Crippen LogP contribution in [0.2, 0.25) is 0 Å². The first-order valence-corrected chi connectivity index (χ1v) is 6.52. The van der Waals surface area contributed by atoms with Crippen molar-refractivity contribution in [3.8, 4) is 11.6 Å². The molecule has 0 bridgehead atoms. The number of ether oxygens (including phenoxy) is 1. The fourth-order valence-corrected chi connectivity index (χ4v) is 2.19. The van der Waals surface area contributed by atoms with Crippen molar-refractivity contribution in [2.45, 2.75) is 13.5 Å². The van der Waals surface area contributed by atoms with Crippen molar-refractivity contribution in [1.29, 1.82) is 0 Å². The van der Waals surface area contributed by atoms with E-state index in [2.05, 4.69) is 26.3 Å².